The average molecular weight is 290 g/mol. The molecule has 2 unspecified atom stereocenters. The van der Waals surface area contributed by atoms with E-state index in [0.717, 1.165) is 0 Å². The highest BCUT2D eigenvalue weighted by Gasteiger charge is 2.36. The van der Waals surface area contributed by atoms with Gasteiger partial charge in [-0.15, -0.1) is 0 Å². The summed E-state index contributed by atoms with van der Waals surface area (Å²) >= 11 is 0. The van der Waals surface area contributed by atoms with Crippen molar-refractivity contribution in [3.8, 4) is 0 Å². The van der Waals surface area contributed by atoms with E-state index in [2.05, 4.69) is 5.32 Å². The molecule has 0 bridgehead atoms. The Hall–Kier alpha value is -1.31. The molecule has 2 fully saturated rings. The number of sulfone groups is 1. The molecular weight excluding hydrogens is 272 g/mol. The summed E-state index contributed by atoms with van der Waals surface area (Å²) in [7, 11) is -3.09. The van der Waals surface area contributed by atoms with Gasteiger partial charge in [0.05, 0.1) is 11.0 Å². The molecule has 108 valence electrons. The van der Waals surface area contributed by atoms with Crippen LogP contribution in [0.4, 0.5) is 4.79 Å². The van der Waals surface area contributed by atoms with E-state index in [1.807, 2.05) is 0 Å². The third kappa shape index (κ3) is 2.99. The van der Waals surface area contributed by atoms with Crippen molar-refractivity contribution in [3.05, 3.63) is 0 Å². The predicted molar refractivity (Wildman–Crippen MR) is 67.6 cm³/mol. The van der Waals surface area contributed by atoms with Crippen LogP contribution in [0, 0.1) is 0 Å². The second-order valence-corrected chi connectivity index (χ2v) is 7.41. The van der Waals surface area contributed by atoms with Crippen molar-refractivity contribution in [2.75, 3.05) is 18.8 Å². The van der Waals surface area contributed by atoms with Crippen LogP contribution >= 0.6 is 0 Å². The standard InChI is InChI=1S/C11H18N2O5S/c14-10(15)9-4-1-5-13(9)11(16)12-7-8-3-2-6-19(8,17)18/h8-9H,1-7H2,(H,12,16)(H,14,15). The topological polar surface area (TPSA) is 104 Å². The lowest BCUT2D eigenvalue weighted by Crippen LogP contribution is -2.48. The Morgan fingerprint density at radius 1 is 1.26 bits per heavy atom. The average Bonchev–Trinajstić information content (AvgIpc) is 2.92. The number of hydrogen-bond acceptors (Lipinski definition) is 4. The first-order chi connectivity index (χ1) is 8.92. The molecule has 0 aromatic carbocycles. The highest BCUT2D eigenvalue weighted by Crippen LogP contribution is 2.20. The number of hydrogen-bond donors (Lipinski definition) is 2. The maximum atomic E-state index is 11.9. The number of carboxylic acid groups (broad SMARTS) is 1. The maximum Gasteiger partial charge on any atom is 0.326 e. The first-order valence-corrected chi connectivity index (χ1v) is 8.12. The molecule has 19 heavy (non-hydrogen) atoms. The minimum atomic E-state index is -3.09. The first-order valence-electron chi connectivity index (χ1n) is 6.40. The summed E-state index contributed by atoms with van der Waals surface area (Å²) in [6.07, 6.45) is 2.30. The molecule has 8 heteroatoms. The number of rotatable bonds is 3. The Labute approximate surface area is 111 Å². The van der Waals surface area contributed by atoms with Gasteiger partial charge < -0.3 is 15.3 Å². The zero-order valence-corrected chi connectivity index (χ0v) is 11.4. The number of likely N-dealkylation sites (tertiary alicyclic amines) is 1. The van der Waals surface area contributed by atoms with Gasteiger partial charge in [0.25, 0.3) is 0 Å². The predicted octanol–water partition coefficient (Wildman–Crippen LogP) is -0.178. The summed E-state index contributed by atoms with van der Waals surface area (Å²) in [5, 5.41) is 11.0. The Morgan fingerprint density at radius 2 is 2.00 bits per heavy atom. The molecule has 2 N–H and O–H groups in total. The van der Waals surface area contributed by atoms with Crippen molar-refractivity contribution in [3.63, 3.8) is 0 Å². The molecule has 2 saturated heterocycles. The normalized spacial score (nSPS) is 29.4. The summed E-state index contributed by atoms with van der Waals surface area (Å²) < 4.78 is 23.2. The quantitative estimate of drug-likeness (QED) is 0.750. The molecular formula is C11H18N2O5S. The van der Waals surface area contributed by atoms with Gasteiger partial charge in [0.15, 0.2) is 9.84 Å². The number of nitrogens with zero attached hydrogens (tertiary/aromatic N) is 1. The monoisotopic (exact) mass is 290 g/mol. The minimum absolute atomic E-state index is 0.0734. The summed E-state index contributed by atoms with van der Waals surface area (Å²) in [4.78, 5) is 24.1. The summed E-state index contributed by atoms with van der Waals surface area (Å²) in [5.41, 5.74) is 0. The number of nitrogens with one attached hydrogen (secondary N) is 1. The van der Waals surface area contributed by atoms with Gasteiger partial charge in [0.2, 0.25) is 0 Å². The van der Waals surface area contributed by atoms with Gasteiger partial charge in [0.1, 0.15) is 6.04 Å². The van der Waals surface area contributed by atoms with E-state index in [1.165, 1.54) is 4.90 Å². The number of carboxylic acids is 1. The fourth-order valence-corrected chi connectivity index (χ4v) is 4.42. The van der Waals surface area contributed by atoms with Crippen LogP contribution in [0.25, 0.3) is 0 Å². The van der Waals surface area contributed by atoms with Crippen LogP contribution < -0.4 is 5.32 Å². The third-order valence-corrected chi connectivity index (χ3v) is 6.02. The molecule has 2 rings (SSSR count). The molecule has 2 atom stereocenters. The summed E-state index contributed by atoms with van der Waals surface area (Å²) in [6, 6.07) is -1.27. The van der Waals surface area contributed by atoms with Gasteiger partial charge in [-0.25, -0.2) is 18.0 Å². The highest BCUT2D eigenvalue weighted by molar-refractivity contribution is 7.92. The fourth-order valence-electron chi connectivity index (χ4n) is 2.66. The second kappa shape index (κ2) is 5.36. The molecule has 0 saturated carbocycles. The SMILES string of the molecule is O=C(O)C1CCCN1C(=O)NCC1CCCS1(=O)=O. The van der Waals surface area contributed by atoms with E-state index in [-0.39, 0.29) is 12.3 Å². The van der Waals surface area contributed by atoms with Crippen LogP contribution in [0.1, 0.15) is 25.7 Å². The van der Waals surface area contributed by atoms with Crippen molar-refractivity contribution in [1.82, 2.24) is 10.2 Å². The Bertz CT molecular complexity index is 475. The van der Waals surface area contributed by atoms with E-state index >= 15 is 0 Å². The van der Waals surface area contributed by atoms with Crippen LogP contribution in [0.2, 0.25) is 0 Å². The fraction of sp³-hybridized carbons (Fsp3) is 0.818. The zero-order valence-electron chi connectivity index (χ0n) is 10.5. The molecule has 0 radical (unpaired) electrons. The van der Waals surface area contributed by atoms with Crippen LogP contribution in [0.3, 0.4) is 0 Å². The molecule has 0 aliphatic carbocycles. The lowest BCUT2D eigenvalue weighted by atomic mass is 10.2. The van der Waals surface area contributed by atoms with Crippen LogP contribution in [0.15, 0.2) is 0 Å². The molecule has 2 aliphatic rings. The highest BCUT2D eigenvalue weighted by atomic mass is 32.2. The number of carbonyl (C=O) groups is 2. The van der Waals surface area contributed by atoms with E-state index < -0.39 is 33.1 Å². The summed E-state index contributed by atoms with van der Waals surface area (Å²) in [5.74, 6) is -0.837. The number of aliphatic carboxylic acids is 1. The van der Waals surface area contributed by atoms with E-state index in [9.17, 15) is 18.0 Å². The van der Waals surface area contributed by atoms with Crippen molar-refractivity contribution < 1.29 is 23.1 Å². The van der Waals surface area contributed by atoms with E-state index in [4.69, 9.17) is 5.11 Å². The Balaban J connectivity index is 1.89. The lowest BCUT2D eigenvalue weighted by Gasteiger charge is -2.22. The Kier molecular flexibility index (Phi) is 3.98. The van der Waals surface area contributed by atoms with Crippen molar-refractivity contribution in [2.45, 2.75) is 37.0 Å². The molecule has 0 aromatic rings. The van der Waals surface area contributed by atoms with Crippen LogP contribution in [-0.4, -0.2) is 60.6 Å². The van der Waals surface area contributed by atoms with Gasteiger partial charge in [-0.1, -0.05) is 0 Å². The molecule has 2 aliphatic heterocycles. The number of urea groups is 1. The van der Waals surface area contributed by atoms with Gasteiger partial charge in [-0.2, -0.15) is 0 Å². The van der Waals surface area contributed by atoms with Crippen LogP contribution in [0.5, 0.6) is 0 Å². The molecule has 0 aromatic heterocycles. The third-order valence-electron chi connectivity index (χ3n) is 3.74. The van der Waals surface area contributed by atoms with Gasteiger partial charge in [-0.3, -0.25) is 0 Å². The van der Waals surface area contributed by atoms with Gasteiger partial charge in [-0.05, 0) is 25.7 Å². The van der Waals surface area contributed by atoms with Crippen molar-refractivity contribution >= 4 is 21.8 Å². The Morgan fingerprint density at radius 3 is 2.58 bits per heavy atom. The molecule has 2 heterocycles. The van der Waals surface area contributed by atoms with Gasteiger partial charge in [0, 0.05) is 13.1 Å². The number of amides is 2. The maximum absolute atomic E-state index is 11.9. The second-order valence-electron chi connectivity index (χ2n) is 5.01. The molecule has 2 amide bonds. The minimum Gasteiger partial charge on any atom is -0.480 e. The van der Waals surface area contributed by atoms with Crippen molar-refractivity contribution in [2.24, 2.45) is 0 Å². The van der Waals surface area contributed by atoms with Gasteiger partial charge >= 0.3 is 12.0 Å². The lowest BCUT2D eigenvalue weighted by molar-refractivity contribution is -0.141. The summed E-state index contributed by atoms with van der Waals surface area (Å²) in [6.45, 7) is 0.476. The van der Waals surface area contributed by atoms with E-state index in [0.29, 0.717) is 32.2 Å². The molecule has 7 nitrogen and oxygen atoms in total. The smallest absolute Gasteiger partial charge is 0.326 e. The first kappa shape index (κ1) is 14.1. The number of carbonyl (C=O) groups excluding carboxylic acids is 1. The van der Waals surface area contributed by atoms with Crippen LogP contribution in [-0.2, 0) is 14.6 Å². The zero-order chi connectivity index (χ0) is 14.0. The van der Waals surface area contributed by atoms with E-state index in [1.54, 1.807) is 0 Å². The largest absolute Gasteiger partial charge is 0.480 e. The molecule has 0 spiro atoms. The van der Waals surface area contributed by atoms with Crippen molar-refractivity contribution in [1.29, 1.82) is 0 Å².